The van der Waals surface area contributed by atoms with Gasteiger partial charge in [0.1, 0.15) is 0 Å². The first-order chi connectivity index (χ1) is 6.11. The van der Waals surface area contributed by atoms with Crippen molar-refractivity contribution >= 4 is 12.2 Å². The van der Waals surface area contributed by atoms with Gasteiger partial charge in [-0.05, 0) is 6.42 Å². The number of hydrogen-bond acceptors (Lipinski definition) is 2. The third-order valence-electron chi connectivity index (χ3n) is 2.66. The van der Waals surface area contributed by atoms with Crippen molar-refractivity contribution in [1.82, 2.24) is 9.80 Å². The molecular formula is C7H10N2O4. The summed E-state index contributed by atoms with van der Waals surface area (Å²) in [6.07, 6.45) is -1.28. The van der Waals surface area contributed by atoms with E-state index in [9.17, 15) is 9.59 Å². The molecule has 13 heavy (non-hydrogen) atoms. The Hall–Kier alpha value is -1.46. The lowest BCUT2D eigenvalue weighted by Crippen LogP contribution is -2.38. The third kappa shape index (κ3) is 1.18. The highest BCUT2D eigenvalue weighted by Crippen LogP contribution is 2.35. The number of amides is 2. The van der Waals surface area contributed by atoms with E-state index in [1.54, 1.807) is 0 Å². The van der Waals surface area contributed by atoms with Crippen LogP contribution in [0.25, 0.3) is 0 Å². The zero-order chi connectivity index (χ0) is 9.59. The molecule has 0 aromatic heterocycles. The van der Waals surface area contributed by atoms with E-state index in [0.717, 1.165) is 0 Å². The first-order valence-corrected chi connectivity index (χ1v) is 4.10. The predicted octanol–water partition coefficient (Wildman–Crippen LogP) is 0.101. The zero-order valence-corrected chi connectivity index (χ0v) is 6.88. The molecule has 6 nitrogen and oxygen atoms in total. The molecule has 2 rings (SSSR count). The molecule has 0 bridgehead atoms. The summed E-state index contributed by atoms with van der Waals surface area (Å²) in [7, 11) is 0. The number of fused-ring (bicyclic) bond motifs is 1. The molecule has 2 atom stereocenters. The maximum Gasteiger partial charge on any atom is 0.408 e. The number of piperidine rings is 1. The van der Waals surface area contributed by atoms with Crippen LogP contribution in [0.4, 0.5) is 9.59 Å². The molecule has 0 saturated carbocycles. The average Bonchev–Trinajstić information content (AvgIpc) is 2.75. The van der Waals surface area contributed by atoms with Gasteiger partial charge in [0, 0.05) is 13.1 Å². The van der Waals surface area contributed by atoms with Gasteiger partial charge in [0.05, 0.1) is 12.1 Å². The van der Waals surface area contributed by atoms with Gasteiger partial charge in [-0.1, -0.05) is 0 Å². The van der Waals surface area contributed by atoms with E-state index in [1.165, 1.54) is 9.80 Å². The second-order valence-corrected chi connectivity index (χ2v) is 3.34. The van der Waals surface area contributed by atoms with E-state index < -0.39 is 12.2 Å². The Morgan fingerprint density at radius 3 is 2.38 bits per heavy atom. The first-order valence-electron chi connectivity index (χ1n) is 4.10. The number of likely N-dealkylation sites (tertiary alicyclic amines) is 1. The summed E-state index contributed by atoms with van der Waals surface area (Å²) < 4.78 is 0. The first kappa shape index (κ1) is 8.15. The minimum absolute atomic E-state index is 0.0631. The van der Waals surface area contributed by atoms with Crippen LogP contribution < -0.4 is 0 Å². The molecule has 2 heterocycles. The van der Waals surface area contributed by atoms with Crippen LogP contribution in [-0.4, -0.2) is 57.4 Å². The Balaban J connectivity index is 1.97. The molecule has 2 aliphatic heterocycles. The van der Waals surface area contributed by atoms with Gasteiger partial charge in [-0.25, -0.2) is 9.59 Å². The van der Waals surface area contributed by atoms with E-state index in [-0.39, 0.29) is 12.1 Å². The Bertz CT molecular complexity index is 255. The highest BCUT2D eigenvalue weighted by molar-refractivity contribution is 5.71. The number of nitrogens with zero attached hydrogens (tertiary/aromatic N) is 2. The van der Waals surface area contributed by atoms with Gasteiger partial charge in [0.25, 0.3) is 0 Å². The van der Waals surface area contributed by atoms with Crippen LogP contribution in [-0.2, 0) is 0 Å². The van der Waals surface area contributed by atoms with Gasteiger partial charge < -0.3 is 15.1 Å². The summed E-state index contributed by atoms with van der Waals surface area (Å²) in [6, 6.07) is -0.0320. The molecule has 0 radical (unpaired) electrons. The molecule has 2 unspecified atom stereocenters. The lowest BCUT2D eigenvalue weighted by atomic mass is 10.1. The Labute approximate surface area is 74.3 Å². The molecule has 2 fully saturated rings. The van der Waals surface area contributed by atoms with Crippen molar-refractivity contribution in [3.05, 3.63) is 0 Å². The summed E-state index contributed by atoms with van der Waals surface area (Å²) in [5.74, 6) is 0. The number of rotatable bonds is 0. The van der Waals surface area contributed by atoms with Crippen molar-refractivity contribution in [1.29, 1.82) is 0 Å². The highest BCUT2D eigenvalue weighted by atomic mass is 16.4. The van der Waals surface area contributed by atoms with Crippen molar-refractivity contribution in [3.63, 3.8) is 0 Å². The molecule has 6 heteroatoms. The summed E-state index contributed by atoms with van der Waals surface area (Å²) >= 11 is 0. The normalized spacial score (nSPS) is 31.1. The van der Waals surface area contributed by atoms with Crippen LogP contribution in [0.15, 0.2) is 0 Å². The Morgan fingerprint density at radius 2 is 1.85 bits per heavy atom. The lowest BCUT2D eigenvalue weighted by Gasteiger charge is -2.20. The predicted molar refractivity (Wildman–Crippen MR) is 41.7 cm³/mol. The summed E-state index contributed by atoms with van der Waals surface area (Å²) in [4.78, 5) is 23.7. The standard InChI is InChI=1S/C7H10N2O4/c10-6(11)8-2-1-4-5(3-8)9(4)7(12)13/h4-5H,1-3H2,(H,10,11)(H,12,13). The van der Waals surface area contributed by atoms with Crippen molar-refractivity contribution in [2.75, 3.05) is 13.1 Å². The van der Waals surface area contributed by atoms with Crippen molar-refractivity contribution in [3.8, 4) is 0 Å². The minimum Gasteiger partial charge on any atom is -0.465 e. The highest BCUT2D eigenvalue weighted by Gasteiger charge is 2.54. The van der Waals surface area contributed by atoms with E-state index >= 15 is 0 Å². The maximum absolute atomic E-state index is 10.6. The van der Waals surface area contributed by atoms with Crippen LogP contribution in [0, 0.1) is 0 Å². The molecule has 0 aromatic carbocycles. The molecule has 2 saturated heterocycles. The van der Waals surface area contributed by atoms with Gasteiger partial charge in [0.15, 0.2) is 0 Å². The lowest BCUT2D eigenvalue weighted by molar-refractivity contribution is 0.139. The molecule has 0 spiro atoms. The summed E-state index contributed by atoms with van der Waals surface area (Å²) in [5.41, 5.74) is 0. The number of carboxylic acid groups (broad SMARTS) is 2. The smallest absolute Gasteiger partial charge is 0.408 e. The van der Waals surface area contributed by atoms with Crippen LogP contribution in [0.2, 0.25) is 0 Å². The number of carbonyl (C=O) groups is 2. The van der Waals surface area contributed by atoms with Crippen LogP contribution >= 0.6 is 0 Å². The summed E-state index contributed by atoms with van der Waals surface area (Å²) in [5, 5.41) is 17.3. The SMILES string of the molecule is O=C(O)N1CCC2C(C1)N2C(=O)O. The van der Waals surface area contributed by atoms with E-state index in [0.29, 0.717) is 19.5 Å². The number of hydrogen-bond donors (Lipinski definition) is 2. The molecular weight excluding hydrogens is 176 g/mol. The fraction of sp³-hybridized carbons (Fsp3) is 0.714. The molecule has 72 valence electrons. The summed E-state index contributed by atoms with van der Waals surface area (Å²) in [6.45, 7) is 0.770. The average molecular weight is 186 g/mol. The second-order valence-electron chi connectivity index (χ2n) is 3.34. The molecule has 0 aromatic rings. The maximum atomic E-state index is 10.6. The van der Waals surface area contributed by atoms with Gasteiger partial charge in [0.2, 0.25) is 0 Å². The fourth-order valence-electron chi connectivity index (χ4n) is 1.94. The minimum atomic E-state index is -0.962. The van der Waals surface area contributed by atoms with Crippen LogP contribution in [0.3, 0.4) is 0 Å². The molecule has 0 aliphatic carbocycles. The Kier molecular flexibility index (Phi) is 1.58. The molecule has 2 N–H and O–H groups in total. The topological polar surface area (TPSA) is 80.8 Å². The largest absolute Gasteiger partial charge is 0.465 e. The second kappa shape index (κ2) is 2.51. The van der Waals surface area contributed by atoms with Gasteiger partial charge >= 0.3 is 12.2 Å². The monoisotopic (exact) mass is 186 g/mol. The quantitative estimate of drug-likeness (QED) is 0.526. The molecule has 2 aliphatic rings. The van der Waals surface area contributed by atoms with Gasteiger partial charge in [-0.3, -0.25) is 4.90 Å². The zero-order valence-electron chi connectivity index (χ0n) is 6.88. The third-order valence-corrected chi connectivity index (χ3v) is 2.66. The van der Waals surface area contributed by atoms with Crippen molar-refractivity contribution in [2.45, 2.75) is 18.5 Å². The van der Waals surface area contributed by atoms with Gasteiger partial charge in [-0.2, -0.15) is 0 Å². The van der Waals surface area contributed by atoms with Crippen molar-refractivity contribution < 1.29 is 19.8 Å². The van der Waals surface area contributed by atoms with Gasteiger partial charge in [-0.15, -0.1) is 0 Å². The van der Waals surface area contributed by atoms with E-state index in [2.05, 4.69) is 0 Å². The molecule has 2 amide bonds. The van der Waals surface area contributed by atoms with Crippen LogP contribution in [0.5, 0.6) is 0 Å². The van der Waals surface area contributed by atoms with Crippen LogP contribution in [0.1, 0.15) is 6.42 Å². The Morgan fingerprint density at radius 1 is 1.15 bits per heavy atom. The van der Waals surface area contributed by atoms with E-state index in [1.807, 2.05) is 0 Å². The van der Waals surface area contributed by atoms with Crippen molar-refractivity contribution in [2.24, 2.45) is 0 Å². The fourth-order valence-corrected chi connectivity index (χ4v) is 1.94. The van der Waals surface area contributed by atoms with E-state index in [4.69, 9.17) is 10.2 Å².